The predicted octanol–water partition coefficient (Wildman–Crippen LogP) is 3.02. The van der Waals surface area contributed by atoms with Crippen LogP contribution in [0.15, 0.2) is 18.2 Å². The molecule has 3 rings (SSSR count). The molecule has 21 heavy (non-hydrogen) atoms. The lowest BCUT2D eigenvalue weighted by Gasteiger charge is -2.23. The molecule has 2 aliphatic rings. The first-order chi connectivity index (χ1) is 10.2. The molecule has 1 aromatic rings. The summed E-state index contributed by atoms with van der Waals surface area (Å²) in [6, 6.07) is 5.92. The van der Waals surface area contributed by atoms with E-state index in [1.54, 1.807) is 0 Å². The zero-order valence-corrected chi connectivity index (χ0v) is 12.3. The fourth-order valence-electron chi connectivity index (χ4n) is 3.23. The van der Waals surface area contributed by atoms with Gasteiger partial charge in [0.05, 0.1) is 0 Å². The fourth-order valence-corrected chi connectivity index (χ4v) is 3.23. The number of carbonyl (C=O) groups excluding carboxylic acids is 2. The second-order valence-corrected chi connectivity index (χ2v) is 6.08. The number of fused-ring (bicyclic) bond motifs is 1. The Hall–Kier alpha value is -1.84. The number of anilines is 1. The van der Waals surface area contributed by atoms with Gasteiger partial charge < -0.3 is 10.6 Å². The number of hydrogen-bond acceptors (Lipinski definition) is 2. The van der Waals surface area contributed by atoms with Gasteiger partial charge in [-0.3, -0.25) is 9.59 Å². The number of benzene rings is 1. The first kappa shape index (κ1) is 14.1. The summed E-state index contributed by atoms with van der Waals surface area (Å²) in [6.07, 6.45) is 8.12. The standard InChI is InChI=1S/C17H22N2O2/c20-16-8-4-5-12-11-13(9-10-15(12)19-16)17(21)18-14-6-2-1-3-7-14/h9-11,14H,1-8H2,(H,18,21)(H,19,20). The van der Waals surface area contributed by atoms with E-state index in [0.717, 1.165) is 36.9 Å². The third-order valence-electron chi connectivity index (χ3n) is 4.43. The van der Waals surface area contributed by atoms with Crippen molar-refractivity contribution in [3.05, 3.63) is 29.3 Å². The summed E-state index contributed by atoms with van der Waals surface area (Å²) >= 11 is 0. The number of amides is 2. The van der Waals surface area contributed by atoms with E-state index in [2.05, 4.69) is 10.6 Å². The molecular formula is C17H22N2O2. The van der Waals surface area contributed by atoms with Gasteiger partial charge in [0.1, 0.15) is 0 Å². The Labute approximate surface area is 125 Å². The van der Waals surface area contributed by atoms with Crippen LogP contribution in [-0.2, 0) is 11.2 Å². The van der Waals surface area contributed by atoms with Gasteiger partial charge in [0, 0.05) is 23.7 Å². The molecule has 0 saturated heterocycles. The van der Waals surface area contributed by atoms with Crippen LogP contribution in [0.5, 0.6) is 0 Å². The first-order valence-corrected chi connectivity index (χ1v) is 7.96. The molecule has 4 heteroatoms. The molecule has 0 aromatic heterocycles. The molecule has 1 saturated carbocycles. The van der Waals surface area contributed by atoms with Gasteiger partial charge in [0.15, 0.2) is 0 Å². The van der Waals surface area contributed by atoms with E-state index in [4.69, 9.17) is 0 Å². The Morgan fingerprint density at radius 3 is 2.71 bits per heavy atom. The lowest BCUT2D eigenvalue weighted by molar-refractivity contribution is -0.116. The zero-order valence-electron chi connectivity index (χ0n) is 12.3. The normalized spacial score (nSPS) is 19.3. The molecule has 1 heterocycles. The first-order valence-electron chi connectivity index (χ1n) is 7.96. The molecule has 1 aliphatic carbocycles. The summed E-state index contributed by atoms with van der Waals surface area (Å²) in [7, 11) is 0. The highest BCUT2D eigenvalue weighted by atomic mass is 16.2. The summed E-state index contributed by atoms with van der Waals surface area (Å²) < 4.78 is 0. The number of rotatable bonds is 2. The van der Waals surface area contributed by atoms with Gasteiger partial charge in [-0.25, -0.2) is 0 Å². The van der Waals surface area contributed by atoms with E-state index >= 15 is 0 Å². The van der Waals surface area contributed by atoms with Gasteiger partial charge in [0.2, 0.25) is 5.91 Å². The highest BCUT2D eigenvalue weighted by Crippen LogP contribution is 2.24. The maximum absolute atomic E-state index is 12.4. The largest absolute Gasteiger partial charge is 0.349 e. The minimum atomic E-state index is 0.0141. The van der Waals surface area contributed by atoms with Crippen molar-refractivity contribution in [2.45, 2.75) is 57.4 Å². The number of nitrogens with one attached hydrogen (secondary N) is 2. The molecule has 0 bridgehead atoms. The van der Waals surface area contributed by atoms with E-state index in [9.17, 15) is 9.59 Å². The molecule has 2 N–H and O–H groups in total. The van der Waals surface area contributed by atoms with Crippen LogP contribution in [0.3, 0.4) is 0 Å². The van der Waals surface area contributed by atoms with Gasteiger partial charge in [-0.2, -0.15) is 0 Å². The van der Waals surface area contributed by atoms with Gasteiger partial charge >= 0.3 is 0 Å². The van der Waals surface area contributed by atoms with Crippen LogP contribution in [-0.4, -0.2) is 17.9 Å². The van der Waals surface area contributed by atoms with E-state index in [0.29, 0.717) is 18.0 Å². The highest BCUT2D eigenvalue weighted by molar-refractivity contribution is 5.97. The number of carbonyl (C=O) groups is 2. The van der Waals surface area contributed by atoms with Gasteiger partial charge in [-0.15, -0.1) is 0 Å². The Morgan fingerprint density at radius 1 is 1.10 bits per heavy atom. The van der Waals surface area contributed by atoms with Crippen molar-refractivity contribution in [3.63, 3.8) is 0 Å². The summed E-state index contributed by atoms with van der Waals surface area (Å²) in [6.45, 7) is 0. The van der Waals surface area contributed by atoms with Crippen LogP contribution < -0.4 is 10.6 Å². The maximum atomic E-state index is 12.4. The molecular weight excluding hydrogens is 264 g/mol. The second kappa shape index (κ2) is 6.29. The van der Waals surface area contributed by atoms with E-state index < -0.39 is 0 Å². The van der Waals surface area contributed by atoms with Crippen LogP contribution >= 0.6 is 0 Å². The molecule has 0 unspecified atom stereocenters. The minimum Gasteiger partial charge on any atom is -0.349 e. The average Bonchev–Trinajstić information content (AvgIpc) is 2.68. The molecule has 0 atom stereocenters. The lowest BCUT2D eigenvalue weighted by Crippen LogP contribution is -2.36. The Kier molecular flexibility index (Phi) is 4.23. The van der Waals surface area contributed by atoms with Crippen molar-refractivity contribution < 1.29 is 9.59 Å². The molecule has 2 amide bonds. The summed E-state index contributed by atoms with van der Waals surface area (Å²) in [5.74, 6) is 0.0773. The zero-order chi connectivity index (χ0) is 14.7. The minimum absolute atomic E-state index is 0.0141. The SMILES string of the molecule is O=C1CCCc2cc(C(=O)NC3CCCCC3)ccc2N1. The Morgan fingerprint density at radius 2 is 1.90 bits per heavy atom. The number of aryl methyl sites for hydroxylation is 1. The van der Waals surface area contributed by atoms with E-state index in [1.165, 1.54) is 19.3 Å². The highest BCUT2D eigenvalue weighted by Gasteiger charge is 2.18. The monoisotopic (exact) mass is 286 g/mol. The van der Waals surface area contributed by atoms with Crippen molar-refractivity contribution in [2.75, 3.05) is 5.32 Å². The van der Waals surface area contributed by atoms with Crippen LogP contribution in [0.1, 0.15) is 60.9 Å². The fraction of sp³-hybridized carbons (Fsp3) is 0.529. The van der Waals surface area contributed by atoms with E-state index in [1.807, 2.05) is 18.2 Å². The summed E-state index contributed by atoms with van der Waals surface area (Å²) in [5.41, 5.74) is 2.62. The molecule has 1 aromatic carbocycles. The molecule has 0 radical (unpaired) electrons. The van der Waals surface area contributed by atoms with E-state index in [-0.39, 0.29) is 11.8 Å². The second-order valence-electron chi connectivity index (χ2n) is 6.08. The molecule has 1 fully saturated rings. The third-order valence-corrected chi connectivity index (χ3v) is 4.43. The maximum Gasteiger partial charge on any atom is 0.251 e. The molecule has 1 aliphatic heterocycles. The van der Waals surface area contributed by atoms with Crippen molar-refractivity contribution >= 4 is 17.5 Å². The average molecular weight is 286 g/mol. The molecule has 4 nitrogen and oxygen atoms in total. The van der Waals surface area contributed by atoms with Crippen LogP contribution in [0, 0.1) is 0 Å². The van der Waals surface area contributed by atoms with Crippen LogP contribution in [0.4, 0.5) is 5.69 Å². The molecule has 0 spiro atoms. The van der Waals surface area contributed by atoms with Crippen molar-refractivity contribution in [1.82, 2.24) is 5.32 Å². The van der Waals surface area contributed by atoms with Crippen LogP contribution in [0.25, 0.3) is 0 Å². The smallest absolute Gasteiger partial charge is 0.251 e. The topological polar surface area (TPSA) is 58.2 Å². The van der Waals surface area contributed by atoms with Crippen molar-refractivity contribution in [3.8, 4) is 0 Å². The number of hydrogen-bond donors (Lipinski definition) is 2. The van der Waals surface area contributed by atoms with Gasteiger partial charge in [-0.05, 0) is 49.4 Å². The predicted molar refractivity (Wildman–Crippen MR) is 82.3 cm³/mol. The van der Waals surface area contributed by atoms with Crippen LogP contribution in [0.2, 0.25) is 0 Å². The summed E-state index contributed by atoms with van der Waals surface area (Å²) in [4.78, 5) is 23.9. The Bertz CT molecular complexity index is 548. The van der Waals surface area contributed by atoms with Gasteiger partial charge in [0.25, 0.3) is 5.91 Å². The quantitative estimate of drug-likeness (QED) is 0.878. The van der Waals surface area contributed by atoms with Crippen molar-refractivity contribution in [1.29, 1.82) is 0 Å². The summed E-state index contributed by atoms with van der Waals surface area (Å²) in [5, 5.41) is 6.04. The molecule has 112 valence electrons. The Balaban J connectivity index is 1.72. The van der Waals surface area contributed by atoms with Crippen molar-refractivity contribution in [2.24, 2.45) is 0 Å². The third kappa shape index (κ3) is 3.43. The van der Waals surface area contributed by atoms with Gasteiger partial charge in [-0.1, -0.05) is 19.3 Å². The lowest BCUT2D eigenvalue weighted by atomic mass is 9.95.